The van der Waals surface area contributed by atoms with Crippen molar-refractivity contribution >= 4 is 15.9 Å². The highest BCUT2D eigenvalue weighted by atomic mass is 32.2. The van der Waals surface area contributed by atoms with Gasteiger partial charge in [0.2, 0.25) is 15.9 Å². The van der Waals surface area contributed by atoms with E-state index in [1.165, 1.54) is 23.6 Å². The number of carbonyl (C=O) groups is 1. The van der Waals surface area contributed by atoms with Gasteiger partial charge >= 0.3 is 0 Å². The summed E-state index contributed by atoms with van der Waals surface area (Å²) >= 11 is 0. The Hall–Kier alpha value is -1.74. The zero-order valence-electron chi connectivity index (χ0n) is 17.0. The van der Waals surface area contributed by atoms with Gasteiger partial charge in [-0.2, -0.15) is 4.31 Å². The Kier molecular flexibility index (Phi) is 5.79. The van der Waals surface area contributed by atoms with Crippen molar-refractivity contribution < 1.29 is 13.2 Å². The molecule has 0 unspecified atom stereocenters. The molecule has 1 aliphatic carbocycles. The van der Waals surface area contributed by atoms with E-state index in [0.717, 1.165) is 25.5 Å². The lowest BCUT2D eigenvalue weighted by Gasteiger charge is -2.26. The second-order valence-electron chi connectivity index (χ2n) is 8.76. The highest BCUT2D eigenvalue weighted by Crippen LogP contribution is 2.30. The minimum atomic E-state index is -3.33. The van der Waals surface area contributed by atoms with Crippen LogP contribution in [0.4, 0.5) is 0 Å². The Morgan fingerprint density at radius 1 is 1.17 bits per heavy atom. The van der Waals surface area contributed by atoms with Gasteiger partial charge in [-0.3, -0.25) is 9.59 Å². The van der Waals surface area contributed by atoms with Crippen LogP contribution in [0.15, 0.2) is 4.79 Å². The first-order valence-electron chi connectivity index (χ1n) is 10.7. The number of nitrogens with zero attached hydrogens (tertiary/aromatic N) is 3. The molecule has 1 saturated carbocycles. The Morgan fingerprint density at radius 3 is 2.66 bits per heavy atom. The van der Waals surface area contributed by atoms with Crippen LogP contribution in [0.3, 0.4) is 0 Å². The van der Waals surface area contributed by atoms with Gasteiger partial charge in [-0.15, -0.1) is 0 Å². The number of hydrogen-bond acceptors (Lipinski definition) is 5. The monoisotopic (exact) mass is 422 g/mol. The SMILES string of the molecule is CS(=O)(=O)N1CCc2nc([C@@H]3CCN(C(=O)CC4CCCCC4)C3)[nH]c(=O)c2C1. The molecule has 1 N–H and O–H groups in total. The molecule has 29 heavy (non-hydrogen) atoms. The molecule has 3 aliphatic rings. The molecule has 8 nitrogen and oxygen atoms in total. The van der Waals surface area contributed by atoms with Crippen LogP contribution < -0.4 is 5.56 Å². The van der Waals surface area contributed by atoms with Gasteiger partial charge in [0.1, 0.15) is 5.82 Å². The molecular weight excluding hydrogens is 392 g/mol. The van der Waals surface area contributed by atoms with E-state index in [1.807, 2.05) is 4.90 Å². The van der Waals surface area contributed by atoms with E-state index in [4.69, 9.17) is 0 Å². The summed E-state index contributed by atoms with van der Waals surface area (Å²) < 4.78 is 24.9. The summed E-state index contributed by atoms with van der Waals surface area (Å²) in [6, 6.07) is 0. The molecule has 3 heterocycles. The molecule has 4 rings (SSSR count). The lowest BCUT2D eigenvalue weighted by atomic mass is 9.87. The number of aromatic nitrogens is 2. The largest absolute Gasteiger partial charge is 0.342 e. The highest BCUT2D eigenvalue weighted by Gasteiger charge is 2.32. The summed E-state index contributed by atoms with van der Waals surface area (Å²) in [7, 11) is -3.33. The van der Waals surface area contributed by atoms with Crippen molar-refractivity contribution in [3.8, 4) is 0 Å². The van der Waals surface area contributed by atoms with Crippen LogP contribution in [0.1, 0.15) is 67.9 Å². The first-order chi connectivity index (χ1) is 13.8. The lowest BCUT2D eigenvalue weighted by molar-refractivity contribution is -0.131. The van der Waals surface area contributed by atoms with E-state index in [9.17, 15) is 18.0 Å². The predicted molar refractivity (Wildman–Crippen MR) is 109 cm³/mol. The van der Waals surface area contributed by atoms with Crippen LogP contribution >= 0.6 is 0 Å². The molecule has 1 atom stereocenters. The number of carbonyl (C=O) groups excluding carboxylic acids is 1. The van der Waals surface area contributed by atoms with E-state index in [2.05, 4.69) is 9.97 Å². The molecule has 1 aromatic heterocycles. The second-order valence-corrected chi connectivity index (χ2v) is 10.7. The summed E-state index contributed by atoms with van der Waals surface area (Å²) in [6.45, 7) is 1.73. The average molecular weight is 423 g/mol. The first kappa shape index (κ1) is 20.5. The Labute approximate surface area is 171 Å². The molecule has 2 aliphatic heterocycles. The standard InChI is InChI=1S/C20H30N4O4S/c1-29(27,28)24-10-8-17-16(13-24)20(26)22-19(21-17)15-7-9-23(12-15)18(25)11-14-5-3-2-4-6-14/h14-15H,2-13H2,1H3,(H,21,22,26)/t15-/m1/s1. The molecule has 0 bridgehead atoms. The van der Waals surface area contributed by atoms with E-state index in [0.29, 0.717) is 55.5 Å². The summed E-state index contributed by atoms with van der Waals surface area (Å²) in [5.74, 6) is 1.42. The molecule has 1 amide bonds. The lowest BCUT2D eigenvalue weighted by Crippen LogP contribution is -2.39. The van der Waals surface area contributed by atoms with Gasteiger partial charge in [-0.25, -0.2) is 13.4 Å². The van der Waals surface area contributed by atoms with Crippen LogP contribution in [0.2, 0.25) is 0 Å². The second kappa shape index (κ2) is 8.18. The Balaban J connectivity index is 1.43. The van der Waals surface area contributed by atoms with E-state index in [1.54, 1.807) is 0 Å². The van der Waals surface area contributed by atoms with Crippen LogP contribution in [-0.4, -0.2) is 59.4 Å². The number of H-pyrrole nitrogens is 1. The molecule has 0 aromatic carbocycles. The maximum atomic E-state index is 12.7. The number of sulfonamides is 1. The van der Waals surface area contributed by atoms with Crippen LogP contribution in [0, 0.1) is 5.92 Å². The quantitative estimate of drug-likeness (QED) is 0.789. The molecular formula is C20H30N4O4S. The number of aromatic amines is 1. The fourth-order valence-corrected chi connectivity index (χ4v) is 5.66. The third-order valence-electron chi connectivity index (χ3n) is 6.64. The van der Waals surface area contributed by atoms with Gasteiger partial charge in [-0.05, 0) is 25.2 Å². The van der Waals surface area contributed by atoms with Crippen molar-refractivity contribution in [1.29, 1.82) is 0 Å². The number of nitrogens with one attached hydrogen (secondary N) is 1. The predicted octanol–water partition coefficient (Wildman–Crippen LogP) is 1.37. The van der Waals surface area contributed by atoms with Crippen molar-refractivity contribution in [2.75, 3.05) is 25.9 Å². The van der Waals surface area contributed by atoms with Gasteiger partial charge in [0.15, 0.2) is 0 Å². The maximum Gasteiger partial charge on any atom is 0.255 e. The molecule has 2 fully saturated rings. The molecule has 1 aromatic rings. The van der Waals surface area contributed by atoms with E-state index >= 15 is 0 Å². The fraction of sp³-hybridized carbons (Fsp3) is 0.750. The van der Waals surface area contributed by atoms with Gasteiger partial charge in [-0.1, -0.05) is 19.3 Å². The molecule has 160 valence electrons. The number of rotatable bonds is 4. The Bertz CT molecular complexity index is 936. The third kappa shape index (κ3) is 4.55. The van der Waals surface area contributed by atoms with Gasteiger partial charge in [0.05, 0.1) is 17.5 Å². The summed E-state index contributed by atoms with van der Waals surface area (Å²) in [5.41, 5.74) is 0.870. The van der Waals surface area contributed by atoms with Gasteiger partial charge in [0, 0.05) is 44.9 Å². The molecule has 0 radical (unpaired) electrons. The maximum absolute atomic E-state index is 12.7. The molecule has 0 spiro atoms. The van der Waals surface area contributed by atoms with Crippen molar-refractivity contribution in [1.82, 2.24) is 19.2 Å². The number of hydrogen-bond donors (Lipinski definition) is 1. The summed E-state index contributed by atoms with van der Waals surface area (Å²) in [6.07, 6.45) is 9.11. The minimum Gasteiger partial charge on any atom is -0.342 e. The van der Waals surface area contributed by atoms with Crippen molar-refractivity contribution in [2.24, 2.45) is 5.92 Å². The van der Waals surface area contributed by atoms with E-state index in [-0.39, 0.29) is 23.9 Å². The van der Waals surface area contributed by atoms with Crippen molar-refractivity contribution in [3.63, 3.8) is 0 Å². The first-order valence-corrected chi connectivity index (χ1v) is 12.5. The number of fused-ring (bicyclic) bond motifs is 1. The van der Waals surface area contributed by atoms with Gasteiger partial charge < -0.3 is 9.88 Å². The normalized spacial score (nSPS) is 23.9. The van der Waals surface area contributed by atoms with Gasteiger partial charge in [0.25, 0.3) is 5.56 Å². The van der Waals surface area contributed by atoms with Crippen molar-refractivity contribution in [3.05, 3.63) is 27.4 Å². The minimum absolute atomic E-state index is 0.0382. The molecule has 1 saturated heterocycles. The number of amides is 1. The average Bonchev–Trinajstić information content (AvgIpc) is 3.18. The summed E-state index contributed by atoms with van der Waals surface area (Å²) in [4.78, 5) is 34.7. The molecule has 9 heteroatoms. The van der Waals surface area contributed by atoms with Crippen LogP contribution in [0.5, 0.6) is 0 Å². The van der Waals surface area contributed by atoms with Crippen LogP contribution in [-0.2, 0) is 27.8 Å². The zero-order chi connectivity index (χ0) is 20.6. The third-order valence-corrected chi connectivity index (χ3v) is 7.89. The van der Waals surface area contributed by atoms with Crippen LogP contribution in [0.25, 0.3) is 0 Å². The number of likely N-dealkylation sites (tertiary alicyclic amines) is 1. The smallest absolute Gasteiger partial charge is 0.255 e. The Morgan fingerprint density at radius 2 is 1.93 bits per heavy atom. The zero-order valence-corrected chi connectivity index (χ0v) is 17.8. The van der Waals surface area contributed by atoms with E-state index < -0.39 is 10.0 Å². The van der Waals surface area contributed by atoms with Crippen molar-refractivity contribution in [2.45, 2.75) is 63.8 Å². The highest BCUT2D eigenvalue weighted by molar-refractivity contribution is 7.88. The topological polar surface area (TPSA) is 103 Å². The summed E-state index contributed by atoms with van der Waals surface area (Å²) in [5, 5.41) is 0. The fourth-order valence-electron chi connectivity index (χ4n) is 4.87.